The van der Waals surface area contributed by atoms with Crippen LogP contribution in [0, 0.1) is 0 Å². The Bertz CT molecular complexity index is 762. The fourth-order valence-corrected chi connectivity index (χ4v) is 3.30. The number of rotatable bonds is 9. The van der Waals surface area contributed by atoms with Crippen molar-refractivity contribution < 1.29 is 19.7 Å². The molecule has 2 atom stereocenters. The summed E-state index contributed by atoms with van der Waals surface area (Å²) in [5.74, 6) is 1.58. The number of benzene rings is 2. The standard InChI is InChI=1S/C22H27NO4/c1-2-11-26-21-5-3-4-6-22(21)27-15-20(25)14-23-18-9-7-17-13-19(24)10-8-16(17)12-18/h2-6,8,10,13,18,20,23-25H,1,7,9,11-12,14-15H2. The minimum Gasteiger partial charge on any atom is -0.508 e. The fraction of sp³-hybridized carbons (Fsp3) is 0.364. The zero-order chi connectivity index (χ0) is 19.1. The van der Waals surface area contributed by atoms with Crippen LogP contribution in [0.2, 0.25) is 0 Å². The SMILES string of the molecule is C=CCOc1ccccc1OCC(O)CNC1CCc2cc(O)ccc2C1. The van der Waals surface area contributed by atoms with Crippen LogP contribution in [-0.2, 0) is 12.8 Å². The van der Waals surface area contributed by atoms with E-state index in [1.54, 1.807) is 12.1 Å². The molecule has 0 amide bonds. The van der Waals surface area contributed by atoms with Crippen LogP contribution in [0.4, 0.5) is 0 Å². The highest BCUT2D eigenvalue weighted by atomic mass is 16.5. The Morgan fingerprint density at radius 1 is 1.15 bits per heavy atom. The monoisotopic (exact) mass is 369 g/mol. The van der Waals surface area contributed by atoms with E-state index in [0.29, 0.717) is 36.4 Å². The van der Waals surface area contributed by atoms with E-state index >= 15 is 0 Å². The number of para-hydroxylation sites is 2. The van der Waals surface area contributed by atoms with Gasteiger partial charge in [0.2, 0.25) is 0 Å². The summed E-state index contributed by atoms with van der Waals surface area (Å²) in [5.41, 5.74) is 2.48. The summed E-state index contributed by atoms with van der Waals surface area (Å²) in [6.45, 7) is 4.71. The lowest BCUT2D eigenvalue weighted by molar-refractivity contribution is 0.101. The molecular weight excluding hydrogens is 342 g/mol. The summed E-state index contributed by atoms with van der Waals surface area (Å²) in [4.78, 5) is 0. The molecule has 3 rings (SSSR count). The number of nitrogens with one attached hydrogen (secondary N) is 1. The molecule has 0 bridgehead atoms. The van der Waals surface area contributed by atoms with Gasteiger partial charge in [-0.1, -0.05) is 30.9 Å². The van der Waals surface area contributed by atoms with Crippen LogP contribution < -0.4 is 14.8 Å². The molecule has 0 radical (unpaired) electrons. The minimum absolute atomic E-state index is 0.193. The van der Waals surface area contributed by atoms with Gasteiger partial charge in [-0.25, -0.2) is 0 Å². The Hall–Kier alpha value is -2.50. The molecule has 2 aromatic rings. The van der Waals surface area contributed by atoms with Gasteiger partial charge in [0.15, 0.2) is 11.5 Å². The zero-order valence-electron chi connectivity index (χ0n) is 15.4. The predicted molar refractivity (Wildman–Crippen MR) is 106 cm³/mol. The lowest BCUT2D eigenvalue weighted by Crippen LogP contribution is -2.40. The third-order valence-electron chi connectivity index (χ3n) is 4.70. The van der Waals surface area contributed by atoms with E-state index in [4.69, 9.17) is 9.47 Å². The molecule has 1 aliphatic carbocycles. The molecule has 5 heteroatoms. The van der Waals surface area contributed by atoms with Crippen molar-refractivity contribution in [1.82, 2.24) is 5.32 Å². The van der Waals surface area contributed by atoms with Gasteiger partial charge in [0.1, 0.15) is 25.1 Å². The number of aliphatic hydroxyl groups excluding tert-OH is 1. The van der Waals surface area contributed by atoms with Gasteiger partial charge in [0.25, 0.3) is 0 Å². The van der Waals surface area contributed by atoms with E-state index < -0.39 is 6.10 Å². The van der Waals surface area contributed by atoms with Crippen LogP contribution in [0.3, 0.4) is 0 Å². The molecule has 27 heavy (non-hydrogen) atoms. The lowest BCUT2D eigenvalue weighted by Gasteiger charge is -2.26. The quantitative estimate of drug-likeness (QED) is 0.593. The number of aliphatic hydroxyl groups is 1. The minimum atomic E-state index is -0.612. The predicted octanol–water partition coefficient (Wildman–Crippen LogP) is 2.84. The number of hydrogen-bond donors (Lipinski definition) is 3. The summed E-state index contributed by atoms with van der Waals surface area (Å²) >= 11 is 0. The highest BCUT2D eigenvalue weighted by molar-refractivity contribution is 5.39. The van der Waals surface area contributed by atoms with Crippen LogP contribution in [0.15, 0.2) is 55.1 Å². The summed E-state index contributed by atoms with van der Waals surface area (Å²) in [6.07, 6.45) is 3.89. The number of fused-ring (bicyclic) bond motifs is 1. The molecule has 0 spiro atoms. The van der Waals surface area contributed by atoms with E-state index in [0.717, 1.165) is 19.3 Å². The second-order valence-corrected chi connectivity index (χ2v) is 6.81. The third-order valence-corrected chi connectivity index (χ3v) is 4.70. The van der Waals surface area contributed by atoms with Gasteiger partial charge in [-0.3, -0.25) is 0 Å². The Morgan fingerprint density at radius 3 is 2.70 bits per heavy atom. The molecule has 0 aromatic heterocycles. The van der Waals surface area contributed by atoms with Crippen molar-refractivity contribution in [2.24, 2.45) is 0 Å². The first-order valence-electron chi connectivity index (χ1n) is 9.33. The summed E-state index contributed by atoms with van der Waals surface area (Å²) in [7, 11) is 0. The van der Waals surface area contributed by atoms with Crippen molar-refractivity contribution in [3.63, 3.8) is 0 Å². The molecule has 0 saturated carbocycles. The Labute approximate surface area is 160 Å². The first-order valence-corrected chi connectivity index (χ1v) is 9.33. The van der Waals surface area contributed by atoms with Crippen molar-refractivity contribution in [2.45, 2.75) is 31.4 Å². The number of phenols is 1. The van der Waals surface area contributed by atoms with Crippen molar-refractivity contribution in [2.75, 3.05) is 19.8 Å². The largest absolute Gasteiger partial charge is 0.508 e. The number of phenolic OH excluding ortho intramolecular Hbond substituents is 1. The van der Waals surface area contributed by atoms with Crippen molar-refractivity contribution in [3.05, 3.63) is 66.2 Å². The van der Waals surface area contributed by atoms with E-state index in [2.05, 4.69) is 11.9 Å². The van der Waals surface area contributed by atoms with Crippen LogP contribution in [0.5, 0.6) is 17.2 Å². The Kier molecular flexibility index (Phi) is 6.74. The molecular formula is C22H27NO4. The van der Waals surface area contributed by atoms with Gasteiger partial charge in [-0.15, -0.1) is 0 Å². The maximum atomic E-state index is 10.3. The molecule has 3 N–H and O–H groups in total. The van der Waals surface area contributed by atoms with Crippen LogP contribution in [0.25, 0.3) is 0 Å². The van der Waals surface area contributed by atoms with Crippen LogP contribution >= 0.6 is 0 Å². The van der Waals surface area contributed by atoms with E-state index in [1.807, 2.05) is 36.4 Å². The van der Waals surface area contributed by atoms with Crippen LogP contribution in [0.1, 0.15) is 17.5 Å². The number of ether oxygens (including phenoxy) is 2. The molecule has 1 aliphatic rings. The topological polar surface area (TPSA) is 71.0 Å². The molecule has 0 aliphatic heterocycles. The highest BCUT2D eigenvalue weighted by Crippen LogP contribution is 2.27. The Balaban J connectivity index is 1.45. The molecule has 0 fully saturated rings. The van der Waals surface area contributed by atoms with Crippen LogP contribution in [-0.4, -0.2) is 42.1 Å². The molecule has 5 nitrogen and oxygen atoms in total. The maximum Gasteiger partial charge on any atom is 0.161 e. The lowest BCUT2D eigenvalue weighted by atomic mass is 9.88. The summed E-state index contributed by atoms with van der Waals surface area (Å²) in [5, 5.41) is 23.3. The van der Waals surface area contributed by atoms with E-state index in [-0.39, 0.29) is 6.61 Å². The van der Waals surface area contributed by atoms with Crippen molar-refractivity contribution in [1.29, 1.82) is 0 Å². The average Bonchev–Trinajstić information content (AvgIpc) is 2.69. The number of hydrogen-bond acceptors (Lipinski definition) is 5. The van der Waals surface area contributed by atoms with Gasteiger partial charge in [0.05, 0.1) is 0 Å². The highest BCUT2D eigenvalue weighted by Gasteiger charge is 2.19. The average molecular weight is 369 g/mol. The fourth-order valence-electron chi connectivity index (χ4n) is 3.30. The van der Waals surface area contributed by atoms with Gasteiger partial charge in [0, 0.05) is 12.6 Å². The zero-order valence-corrected chi connectivity index (χ0v) is 15.4. The summed E-state index contributed by atoms with van der Waals surface area (Å²) < 4.78 is 11.3. The number of aryl methyl sites for hydroxylation is 1. The maximum absolute atomic E-state index is 10.3. The third kappa shape index (κ3) is 5.49. The van der Waals surface area contributed by atoms with Crippen molar-refractivity contribution in [3.8, 4) is 17.2 Å². The second-order valence-electron chi connectivity index (χ2n) is 6.81. The van der Waals surface area contributed by atoms with Gasteiger partial charge in [-0.05, 0) is 54.7 Å². The normalized spacial score (nSPS) is 17.0. The molecule has 0 saturated heterocycles. The van der Waals surface area contributed by atoms with Gasteiger partial charge in [-0.2, -0.15) is 0 Å². The smallest absolute Gasteiger partial charge is 0.161 e. The first kappa shape index (κ1) is 19.3. The van der Waals surface area contributed by atoms with Gasteiger partial charge >= 0.3 is 0 Å². The number of aromatic hydroxyl groups is 1. The molecule has 144 valence electrons. The Morgan fingerprint density at radius 2 is 1.93 bits per heavy atom. The molecule has 0 heterocycles. The molecule has 2 unspecified atom stereocenters. The van der Waals surface area contributed by atoms with Gasteiger partial charge < -0.3 is 25.0 Å². The molecule has 2 aromatic carbocycles. The van der Waals surface area contributed by atoms with E-state index in [1.165, 1.54) is 11.1 Å². The van der Waals surface area contributed by atoms with Crippen molar-refractivity contribution >= 4 is 0 Å². The summed E-state index contributed by atoms with van der Waals surface area (Å²) in [6, 6.07) is 13.3. The second kappa shape index (κ2) is 9.44. The van der Waals surface area contributed by atoms with E-state index in [9.17, 15) is 10.2 Å². The first-order chi connectivity index (χ1) is 13.2.